The van der Waals surface area contributed by atoms with Gasteiger partial charge in [0, 0.05) is 19.1 Å². The Bertz CT molecular complexity index is 511. The van der Waals surface area contributed by atoms with E-state index in [1.54, 1.807) is 0 Å². The van der Waals surface area contributed by atoms with Crippen molar-refractivity contribution in [2.45, 2.75) is 44.0 Å². The van der Waals surface area contributed by atoms with Gasteiger partial charge in [-0.3, -0.25) is 0 Å². The van der Waals surface area contributed by atoms with Crippen molar-refractivity contribution in [3.8, 4) is 0 Å². The van der Waals surface area contributed by atoms with Crippen LogP contribution in [0.4, 0.5) is 5.95 Å². The van der Waals surface area contributed by atoms with Crippen molar-refractivity contribution in [2.24, 2.45) is 0 Å². The monoisotopic (exact) mass is 284 g/mol. The van der Waals surface area contributed by atoms with Crippen LogP contribution in [0.3, 0.4) is 0 Å². The molecule has 0 bridgehead atoms. The highest BCUT2D eigenvalue weighted by molar-refractivity contribution is 7.89. The van der Waals surface area contributed by atoms with Crippen molar-refractivity contribution in [2.75, 3.05) is 18.4 Å². The summed E-state index contributed by atoms with van der Waals surface area (Å²) in [4.78, 5) is 8.27. The van der Waals surface area contributed by atoms with Crippen LogP contribution < -0.4 is 5.32 Å². The molecule has 0 amide bonds. The van der Waals surface area contributed by atoms with E-state index < -0.39 is 10.0 Å². The molecule has 1 heterocycles. The second-order valence-electron chi connectivity index (χ2n) is 4.61. The van der Waals surface area contributed by atoms with Gasteiger partial charge in [-0.2, -0.15) is 4.31 Å². The number of nitrogens with one attached hydrogen (secondary N) is 1. The summed E-state index contributed by atoms with van der Waals surface area (Å²) in [5.74, 6) is 0.468. The summed E-state index contributed by atoms with van der Waals surface area (Å²) in [6.45, 7) is 5.16. The van der Waals surface area contributed by atoms with Gasteiger partial charge < -0.3 is 5.32 Å². The van der Waals surface area contributed by atoms with Crippen molar-refractivity contribution < 1.29 is 8.42 Å². The summed E-state index contributed by atoms with van der Waals surface area (Å²) < 4.78 is 26.3. The van der Waals surface area contributed by atoms with Gasteiger partial charge in [-0.05, 0) is 19.3 Å². The van der Waals surface area contributed by atoms with Gasteiger partial charge in [-0.1, -0.05) is 13.8 Å². The largest absolute Gasteiger partial charge is 0.354 e. The Morgan fingerprint density at radius 1 is 1.32 bits per heavy atom. The molecule has 0 atom stereocenters. The first-order valence-electron chi connectivity index (χ1n) is 6.67. The molecule has 0 unspecified atom stereocenters. The molecule has 1 aromatic rings. The number of rotatable bonds is 7. The third-order valence-corrected chi connectivity index (χ3v) is 5.01. The van der Waals surface area contributed by atoms with Crippen LogP contribution in [0.2, 0.25) is 0 Å². The number of aromatic nitrogens is 2. The second kappa shape index (κ2) is 5.83. The first-order valence-corrected chi connectivity index (χ1v) is 8.11. The van der Waals surface area contributed by atoms with E-state index in [-0.39, 0.29) is 10.9 Å². The minimum absolute atomic E-state index is 0.160. The lowest BCUT2D eigenvalue weighted by Gasteiger charge is -2.19. The molecule has 7 heteroatoms. The minimum Gasteiger partial charge on any atom is -0.354 e. The van der Waals surface area contributed by atoms with Crippen LogP contribution >= 0.6 is 0 Å². The number of hydrogen-bond acceptors (Lipinski definition) is 5. The van der Waals surface area contributed by atoms with Gasteiger partial charge in [0.2, 0.25) is 16.0 Å². The smallest absolute Gasteiger partial charge is 0.246 e. The van der Waals surface area contributed by atoms with Crippen LogP contribution in [0.5, 0.6) is 0 Å². The predicted octanol–water partition coefficient (Wildman–Crippen LogP) is 1.47. The summed E-state index contributed by atoms with van der Waals surface area (Å²) in [6, 6.07) is 0.160. The normalized spacial score (nSPS) is 15.7. The number of nitrogens with zero attached hydrogens (tertiary/aromatic N) is 3. The quantitative estimate of drug-likeness (QED) is 0.820. The standard InChI is InChI=1S/C12H20N4O2S/c1-3-7-13-12-14-8-11(9-15-12)19(17,18)16(4-2)10-5-6-10/h8-10H,3-7H2,1-2H3,(H,13,14,15). The molecule has 6 nitrogen and oxygen atoms in total. The highest BCUT2D eigenvalue weighted by atomic mass is 32.2. The van der Waals surface area contributed by atoms with Gasteiger partial charge in [-0.25, -0.2) is 18.4 Å². The number of anilines is 1. The third kappa shape index (κ3) is 3.22. The summed E-state index contributed by atoms with van der Waals surface area (Å²) in [6.07, 6.45) is 5.62. The van der Waals surface area contributed by atoms with Crippen LogP contribution in [0.25, 0.3) is 0 Å². The van der Waals surface area contributed by atoms with E-state index in [9.17, 15) is 8.42 Å². The lowest BCUT2D eigenvalue weighted by molar-refractivity contribution is 0.420. The molecule has 0 aromatic carbocycles. The SMILES string of the molecule is CCCNc1ncc(S(=O)(=O)N(CC)C2CC2)cn1. The molecule has 1 aliphatic carbocycles. The Labute approximate surface area is 114 Å². The fraction of sp³-hybridized carbons (Fsp3) is 0.667. The zero-order chi connectivity index (χ0) is 13.9. The van der Waals surface area contributed by atoms with Crippen LogP contribution in [0.15, 0.2) is 17.3 Å². The van der Waals surface area contributed by atoms with Gasteiger partial charge in [0.15, 0.2) is 0 Å². The van der Waals surface area contributed by atoms with Gasteiger partial charge in [0.1, 0.15) is 4.90 Å². The Morgan fingerprint density at radius 2 is 1.95 bits per heavy atom. The molecule has 19 heavy (non-hydrogen) atoms. The van der Waals surface area contributed by atoms with Crippen molar-refractivity contribution in [3.05, 3.63) is 12.4 Å². The minimum atomic E-state index is -3.44. The van der Waals surface area contributed by atoms with E-state index in [0.29, 0.717) is 12.5 Å². The molecule has 0 radical (unpaired) electrons. The van der Waals surface area contributed by atoms with E-state index >= 15 is 0 Å². The Kier molecular flexibility index (Phi) is 4.36. The molecule has 1 fully saturated rings. The first kappa shape index (κ1) is 14.2. The summed E-state index contributed by atoms with van der Waals surface area (Å²) in [7, 11) is -3.44. The highest BCUT2D eigenvalue weighted by Gasteiger charge is 2.37. The van der Waals surface area contributed by atoms with Crippen molar-refractivity contribution in [3.63, 3.8) is 0 Å². The lowest BCUT2D eigenvalue weighted by Crippen LogP contribution is -2.33. The molecule has 0 aliphatic heterocycles. The third-order valence-electron chi connectivity index (χ3n) is 3.03. The van der Waals surface area contributed by atoms with Crippen LogP contribution in [0, 0.1) is 0 Å². The van der Waals surface area contributed by atoms with E-state index in [2.05, 4.69) is 15.3 Å². The fourth-order valence-electron chi connectivity index (χ4n) is 1.90. The molecule has 2 rings (SSSR count). The van der Waals surface area contributed by atoms with Gasteiger partial charge in [0.05, 0.1) is 12.4 Å². The molecule has 1 saturated carbocycles. The molecular weight excluding hydrogens is 264 g/mol. The van der Waals surface area contributed by atoms with E-state index in [1.165, 1.54) is 16.7 Å². The van der Waals surface area contributed by atoms with Crippen LogP contribution in [0.1, 0.15) is 33.1 Å². The Morgan fingerprint density at radius 3 is 2.42 bits per heavy atom. The molecule has 1 N–H and O–H groups in total. The first-order chi connectivity index (χ1) is 9.09. The van der Waals surface area contributed by atoms with E-state index in [1.807, 2.05) is 13.8 Å². The molecular formula is C12H20N4O2S. The molecule has 0 spiro atoms. The van der Waals surface area contributed by atoms with Gasteiger partial charge in [0.25, 0.3) is 0 Å². The second-order valence-corrected chi connectivity index (χ2v) is 6.50. The summed E-state index contributed by atoms with van der Waals surface area (Å²) in [5.41, 5.74) is 0. The molecule has 1 aromatic heterocycles. The fourth-order valence-corrected chi connectivity index (χ4v) is 3.49. The maximum absolute atomic E-state index is 12.4. The van der Waals surface area contributed by atoms with E-state index in [0.717, 1.165) is 25.8 Å². The topological polar surface area (TPSA) is 75.2 Å². The summed E-state index contributed by atoms with van der Waals surface area (Å²) >= 11 is 0. The van der Waals surface area contributed by atoms with Crippen molar-refractivity contribution in [1.29, 1.82) is 0 Å². The van der Waals surface area contributed by atoms with E-state index in [4.69, 9.17) is 0 Å². The Balaban J connectivity index is 2.16. The molecule has 106 valence electrons. The number of sulfonamides is 1. The zero-order valence-corrected chi connectivity index (χ0v) is 12.2. The maximum atomic E-state index is 12.4. The molecule has 1 aliphatic rings. The summed E-state index contributed by atoms with van der Waals surface area (Å²) in [5, 5.41) is 3.02. The van der Waals surface area contributed by atoms with Gasteiger partial charge >= 0.3 is 0 Å². The highest BCUT2D eigenvalue weighted by Crippen LogP contribution is 2.31. The maximum Gasteiger partial charge on any atom is 0.246 e. The van der Waals surface area contributed by atoms with Crippen LogP contribution in [-0.4, -0.2) is 41.8 Å². The van der Waals surface area contributed by atoms with Gasteiger partial charge in [-0.15, -0.1) is 0 Å². The van der Waals surface area contributed by atoms with Crippen LogP contribution in [-0.2, 0) is 10.0 Å². The van der Waals surface area contributed by atoms with Crippen molar-refractivity contribution in [1.82, 2.24) is 14.3 Å². The predicted molar refractivity (Wildman–Crippen MR) is 73.4 cm³/mol. The number of hydrogen-bond donors (Lipinski definition) is 1. The average Bonchev–Trinajstić information content (AvgIpc) is 3.22. The lowest BCUT2D eigenvalue weighted by atomic mass is 10.5. The Hall–Kier alpha value is -1.21. The zero-order valence-electron chi connectivity index (χ0n) is 11.3. The molecule has 0 saturated heterocycles. The average molecular weight is 284 g/mol. The van der Waals surface area contributed by atoms with Crippen molar-refractivity contribution >= 4 is 16.0 Å².